The van der Waals surface area contributed by atoms with Crippen LogP contribution < -0.4 is 0 Å². The van der Waals surface area contributed by atoms with Crippen LogP contribution in [0.2, 0.25) is 0 Å². The van der Waals surface area contributed by atoms with E-state index in [2.05, 4.69) is 20.8 Å². The molecule has 0 spiro atoms. The van der Waals surface area contributed by atoms with Crippen molar-refractivity contribution in [1.82, 2.24) is 0 Å². The first-order valence-corrected chi connectivity index (χ1v) is 8.18. The summed E-state index contributed by atoms with van der Waals surface area (Å²) in [6.07, 6.45) is -9.83. The molecule has 0 bridgehead atoms. The molecule has 0 aliphatic heterocycles. The Morgan fingerprint density at radius 3 is 0.324 bits per heavy atom. The standard InChI is InChI=1S/3C3H7.7CH2O3/c3*1-3-2;7*2-1(3)4/h3*1,3H2,2H3;7*(H2,2,3,4). The van der Waals surface area contributed by atoms with Gasteiger partial charge in [0, 0.05) is 0 Å². The van der Waals surface area contributed by atoms with Crippen LogP contribution in [0.3, 0.4) is 0 Å². The topological polar surface area (TPSA) is 403 Å². The molecule has 0 amide bonds. The average molecular weight is 563 g/mol. The Morgan fingerprint density at radius 1 is 0.324 bits per heavy atom. The summed E-state index contributed by atoms with van der Waals surface area (Å²) in [5.74, 6) is 0. The monoisotopic (exact) mass is 563 g/mol. The van der Waals surface area contributed by atoms with Gasteiger partial charge in [0.05, 0.1) is 0 Å². The van der Waals surface area contributed by atoms with Crippen molar-refractivity contribution in [3.8, 4) is 0 Å². The van der Waals surface area contributed by atoms with E-state index in [1.807, 2.05) is 20.8 Å². The fourth-order valence-electron chi connectivity index (χ4n) is 0. The molecule has 21 nitrogen and oxygen atoms in total. The lowest BCUT2D eigenvalue weighted by Gasteiger charge is -1.60. The summed E-state index contributed by atoms with van der Waals surface area (Å²) >= 11 is 0. The van der Waals surface area contributed by atoms with Gasteiger partial charge >= 0.3 is 43.1 Å². The fourth-order valence-corrected chi connectivity index (χ4v) is 0. The van der Waals surface area contributed by atoms with Crippen molar-refractivity contribution in [2.45, 2.75) is 40.0 Å². The normalized spacial score (nSPS) is 6.00. The van der Waals surface area contributed by atoms with Crippen LogP contribution in [0.1, 0.15) is 40.0 Å². The quantitative estimate of drug-likeness (QED) is 0.179. The predicted octanol–water partition coefficient (Wildman–Crippen LogP) is 5.25. The van der Waals surface area contributed by atoms with Crippen molar-refractivity contribution < 1.29 is 105 Å². The average Bonchev–Trinajstić information content (AvgIpc) is 2.52. The molecule has 21 heteroatoms. The zero-order valence-electron chi connectivity index (χ0n) is 19.9. The molecule has 0 aromatic carbocycles. The molecule has 0 rings (SSSR count). The van der Waals surface area contributed by atoms with Crippen LogP contribution in [0.5, 0.6) is 0 Å². The van der Waals surface area contributed by atoms with Crippen LogP contribution in [0.15, 0.2) is 0 Å². The molecule has 0 fully saturated rings. The van der Waals surface area contributed by atoms with Gasteiger partial charge in [-0.05, 0) is 0 Å². The van der Waals surface area contributed by atoms with Gasteiger partial charge in [-0.2, -0.15) is 0 Å². The van der Waals surface area contributed by atoms with Gasteiger partial charge in [0.25, 0.3) is 0 Å². The van der Waals surface area contributed by atoms with Gasteiger partial charge in [0.1, 0.15) is 0 Å². The third-order valence-electron chi connectivity index (χ3n) is 0. The van der Waals surface area contributed by atoms with Gasteiger partial charge in [0.15, 0.2) is 0 Å². The highest BCUT2D eigenvalue weighted by molar-refractivity contribution is 5.54. The highest BCUT2D eigenvalue weighted by Gasteiger charge is 1.72. The van der Waals surface area contributed by atoms with Gasteiger partial charge < -0.3 is 71.5 Å². The highest BCUT2D eigenvalue weighted by atomic mass is 16.6. The maximum atomic E-state index is 8.56. The summed E-state index contributed by atoms with van der Waals surface area (Å²) in [7, 11) is 0. The lowest BCUT2D eigenvalue weighted by Crippen LogP contribution is -1.81. The fraction of sp³-hybridized carbons (Fsp3) is 0.375. The minimum absolute atomic E-state index is 1.00. The zero-order chi connectivity index (χ0) is 33.2. The second kappa shape index (κ2) is 77.3. The Morgan fingerprint density at radius 2 is 0.324 bits per heavy atom. The van der Waals surface area contributed by atoms with Crippen LogP contribution >= 0.6 is 0 Å². The Kier molecular flexibility index (Phi) is 133. The van der Waals surface area contributed by atoms with Crippen LogP contribution in [0.25, 0.3) is 0 Å². The van der Waals surface area contributed by atoms with Gasteiger partial charge in [-0.3, -0.25) is 0 Å². The van der Waals surface area contributed by atoms with Crippen molar-refractivity contribution in [3.05, 3.63) is 20.8 Å². The molecule has 0 heterocycles. The van der Waals surface area contributed by atoms with E-state index in [1.54, 1.807) is 0 Å². The van der Waals surface area contributed by atoms with E-state index in [4.69, 9.17) is 105 Å². The van der Waals surface area contributed by atoms with Crippen molar-refractivity contribution in [2.75, 3.05) is 0 Å². The van der Waals surface area contributed by atoms with Gasteiger partial charge in [-0.25, -0.2) is 33.6 Å². The molecule has 0 aromatic rings. The first kappa shape index (κ1) is 63.5. The summed E-state index contributed by atoms with van der Waals surface area (Å²) in [4.78, 5) is 59.9. The van der Waals surface area contributed by atoms with Crippen molar-refractivity contribution >= 4 is 43.1 Å². The van der Waals surface area contributed by atoms with Crippen LogP contribution in [-0.2, 0) is 0 Å². The first-order chi connectivity index (χ1) is 16.4. The molecule has 14 N–H and O–H groups in total. The maximum absolute atomic E-state index is 8.56. The van der Waals surface area contributed by atoms with Crippen molar-refractivity contribution in [1.29, 1.82) is 0 Å². The lowest BCUT2D eigenvalue weighted by atomic mass is 10.6. The molecule has 3 radical (unpaired) electrons. The summed E-state index contributed by atoms with van der Waals surface area (Å²) in [5, 5.41) is 97.6. The second-order valence-electron chi connectivity index (χ2n) is 3.48. The Balaban J connectivity index is -0.0000000274. The third-order valence-corrected chi connectivity index (χ3v) is 0. The summed E-state index contributed by atoms with van der Waals surface area (Å²) in [6, 6.07) is 0. The van der Waals surface area contributed by atoms with E-state index in [-0.39, 0.29) is 0 Å². The number of hydrogen-bond acceptors (Lipinski definition) is 7. The van der Waals surface area contributed by atoms with Crippen molar-refractivity contribution in [3.63, 3.8) is 0 Å². The maximum Gasteiger partial charge on any atom is 0.503 e. The summed E-state index contributed by atoms with van der Waals surface area (Å²) < 4.78 is 0. The summed E-state index contributed by atoms with van der Waals surface area (Å²) in [5.41, 5.74) is 0. The molecule has 0 atom stereocenters. The van der Waals surface area contributed by atoms with Gasteiger partial charge in [-0.1, -0.05) is 60.8 Å². The van der Waals surface area contributed by atoms with E-state index in [1.165, 1.54) is 0 Å². The minimum Gasteiger partial charge on any atom is -0.450 e. The smallest absolute Gasteiger partial charge is 0.450 e. The molecule has 0 saturated heterocycles. The summed E-state index contributed by atoms with van der Waals surface area (Å²) in [6.45, 7) is 16.5. The number of hydrogen-bond donors (Lipinski definition) is 14. The second-order valence-corrected chi connectivity index (χ2v) is 3.48. The van der Waals surface area contributed by atoms with E-state index >= 15 is 0 Å². The molecule has 225 valence electrons. The van der Waals surface area contributed by atoms with E-state index < -0.39 is 43.1 Å². The van der Waals surface area contributed by atoms with Crippen LogP contribution in [-0.4, -0.2) is 115 Å². The molecule has 0 unspecified atom stereocenters. The molecular weight excluding hydrogens is 528 g/mol. The van der Waals surface area contributed by atoms with E-state index in [0.29, 0.717) is 0 Å². The Labute approximate surface area is 210 Å². The Bertz CT molecular complexity index is 352. The largest absolute Gasteiger partial charge is 0.503 e. The number of carboxylic acid groups (broad SMARTS) is 14. The van der Waals surface area contributed by atoms with Gasteiger partial charge in [0.2, 0.25) is 0 Å². The molecule has 0 aliphatic rings. The molecular formula is C16H35O21. The van der Waals surface area contributed by atoms with E-state index in [9.17, 15) is 0 Å². The zero-order valence-corrected chi connectivity index (χ0v) is 19.9. The molecule has 0 aromatic heterocycles. The lowest BCUT2D eigenvalue weighted by molar-refractivity contribution is 0.135. The Hall–Kier alpha value is -5.11. The highest BCUT2D eigenvalue weighted by Crippen LogP contribution is 1.55. The first-order valence-electron chi connectivity index (χ1n) is 8.18. The van der Waals surface area contributed by atoms with Gasteiger partial charge in [-0.15, -0.1) is 0 Å². The molecule has 0 saturated carbocycles. The SMILES string of the molecule is O=C(O)O.O=C(O)O.O=C(O)O.O=C(O)O.O=C(O)O.O=C(O)O.O=C(O)O.[CH2]CC.[CH2]CC.[CH2]CC. The number of rotatable bonds is 0. The van der Waals surface area contributed by atoms with E-state index in [0.717, 1.165) is 19.3 Å². The van der Waals surface area contributed by atoms with Crippen LogP contribution in [0.4, 0.5) is 33.6 Å². The number of carbonyl (C=O) groups is 7. The molecule has 37 heavy (non-hydrogen) atoms. The molecule has 0 aliphatic carbocycles. The third kappa shape index (κ3) is 987. The van der Waals surface area contributed by atoms with Crippen LogP contribution in [0, 0.1) is 20.8 Å². The minimum atomic E-state index is -1.83. The predicted molar refractivity (Wildman–Crippen MR) is 122 cm³/mol. The van der Waals surface area contributed by atoms with Crippen molar-refractivity contribution in [2.24, 2.45) is 0 Å².